The zero-order valence-corrected chi connectivity index (χ0v) is 21.6. The highest BCUT2D eigenvalue weighted by molar-refractivity contribution is 6.23. The lowest BCUT2D eigenvalue weighted by molar-refractivity contribution is -0.147. The van der Waals surface area contributed by atoms with E-state index in [-0.39, 0.29) is 42.9 Å². The van der Waals surface area contributed by atoms with Gasteiger partial charge in [-0.2, -0.15) is 0 Å². The van der Waals surface area contributed by atoms with Gasteiger partial charge in [-0.15, -0.1) is 0 Å². The topological polar surface area (TPSA) is 116 Å². The highest BCUT2D eigenvalue weighted by Crippen LogP contribution is 2.43. The first-order valence-electron chi connectivity index (χ1n) is 13.3. The number of nitrogens with zero attached hydrogens (tertiary/aromatic N) is 3. The highest BCUT2D eigenvalue weighted by atomic mass is 16.5. The number of ether oxygens (including phenoxy) is 1. The number of fused-ring (bicyclic) bond motifs is 1. The van der Waals surface area contributed by atoms with E-state index in [0.717, 1.165) is 55.2 Å². The number of imide groups is 2. The Kier molecular flexibility index (Phi) is 6.42. The van der Waals surface area contributed by atoms with Gasteiger partial charge in [-0.05, 0) is 56.1 Å². The number of esters is 1. The molecule has 3 saturated heterocycles. The number of piperidine rings is 2. The second-order valence-corrected chi connectivity index (χ2v) is 11.0. The van der Waals surface area contributed by atoms with E-state index in [9.17, 15) is 24.0 Å². The summed E-state index contributed by atoms with van der Waals surface area (Å²) in [6.07, 6.45) is 2.18. The molecule has 4 aliphatic heterocycles. The van der Waals surface area contributed by atoms with Gasteiger partial charge >= 0.3 is 5.97 Å². The quantitative estimate of drug-likeness (QED) is 0.444. The molecular weight excluding hydrogens is 500 g/mol. The van der Waals surface area contributed by atoms with Crippen LogP contribution in [-0.4, -0.2) is 78.2 Å². The number of nitrogens with one attached hydrogen (secondary N) is 1. The summed E-state index contributed by atoms with van der Waals surface area (Å²) < 4.78 is 5.43. The summed E-state index contributed by atoms with van der Waals surface area (Å²) in [6.45, 7) is 3.91. The molecule has 1 N–H and O–H groups in total. The molecule has 4 heterocycles. The predicted molar refractivity (Wildman–Crippen MR) is 140 cm³/mol. The molecule has 2 aromatic carbocycles. The summed E-state index contributed by atoms with van der Waals surface area (Å²) in [5.74, 6) is -2.20. The Morgan fingerprint density at radius 1 is 0.949 bits per heavy atom. The van der Waals surface area contributed by atoms with Crippen LogP contribution in [0.2, 0.25) is 0 Å². The molecule has 1 spiro atoms. The summed E-state index contributed by atoms with van der Waals surface area (Å²) in [5, 5.41) is 2.22. The first-order chi connectivity index (χ1) is 18.8. The van der Waals surface area contributed by atoms with E-state index in [1.807, 2.05) is 36.4 Å². The molecule has 0 saturated carbocycles. The molecule has 1 atom stereocenters. The highest BCUT2D eigenvalue weighted by Gasteiger charge is 2.47. The van der Waals surface area contributed by atoms with Gasteiger partial charge in [-0.1, -0.05) is 30.3 Å². The van der Waals surface area contributed by atoms with Crippen LogP contribution in [0.1, 0.15) is 52.0 Å². The van der Waals surface area contributed by atoms with Gasteiger partial charge in [0.2, 0.25) is 11.8 Å². The average molecular weight is 531 g/mol. The van der Waals surface area contributed by atoms with E-state index in [0.29, 0.717) is 5.56 Å². The molecule has 4 aliphatic rings. The van der Waals surface area contributed by atoms with Crippen LogP contribution in [0.15, 0.2) is 48.5 Å². The maximum Gasteiger partial charge on any atom is 0.320 e. The van der Waals surface area contributed by atoms with Crippen LogP contribution in [0, 0.1) is 5.41 Å². The Morgan fingerprint density at radius 2 is 1.67 bits per heavy atom. The van der Waals surface area contributed by atoms with Crippen LogP contribution in [0.3, 0.4) is 0 Å². The largest absolute Gasteiger partial charge is 0.460 e. The number of hydrogen-bond donors (Lipinski definition) is 1. The first kappa shape index (κ1) is 25.2. The number of hydrogen-bond acceptors (Lipinski definition) is 8. The Labute approximate surface area is 225 Å². The van der Waals surface area contributed by atoms with Crippen molar-refractivity contribution in [3.8, 4) is 0 Å². The van der Waals surface area contributed by atoms with Crippen molar-refractivity contribution in [2.24, 2.45) is 5.41 Å². The first-order valence-corrected chi connectivity index (χ1v) is 13.3. The van der Waals surface area contributed by atoms with Crippen LogP contribution < -0.4 is 10.2 Å². The summed E-state index contributed by atoms with van der Waals surface area (Å²) >= 11 is 0. The van der Waals surface area contributed by atoms with Crippen molar-refractivity contribution in [2.45, 2.75) is 38.3 Å². The van der Waals surface area contributed by atoms with Crippen LogP contribution in [0.25, 0.3) is 0 Å². The van der Waals surface area contributed by atoms with Crippen molar-refractivity contribution >= 4 is 35.3 Å². The molecule has 39 heavy (non-hydrogen) atoms. The van der Waals surface area contributed by atoms with E-state index >= 15 is 0 Å². The summed E-state index contributed by atoms with van der Waals surface area (Å²) in [6, 6.07) is 13.9. The van der Waals surface area contributed by atoms with Gasteiger partial charge in [0.25, 0.3) is 11.8 Å². The van der Waals surface area contributed by atoms with E-state index in [1.165, 1.54) is 0 Å². The minimum atomic E-state index is -0.966. The van der Waals surface area contributed by atoms with Crippen LogP contribution in [-0.2, 0) is 25.7 Å². The van der Waals surface area contributed by atoms with Gasteiger partial charge in [-0.3, -0.25) is 39.1 Å². The second-order valence-electron chi connectivity index (χ2n) is 11.0. The Bertz CT molecular complexity index is 1340. The van der Waals surface area contributed by atoms with Gasteiger partial charge in [0.05, 0.1) is 17.7 Å². The Morgan fingerprint density at radius 3 is 2.38 bits per heavy atom. The van der Waals surface area contributed by atoms with Crippen molar-refractivity contribution in [1.29, 1.82) is 0 Å². The van der Waals surface area contributed by atoms with E-state index in [4.69, 9.17) is 4.74 Å². The smallest absolute Gasteiger partial charge is 0.320 e. The third-order valence-electron chi connectivity index (χ3n) is 8.35. The predicted octanol–water partition coefficient (Wildman–Crippen LogP) is 1.73. The number of amides is 4. The third kappa shape index (κ3) is 4.80. The molecule has 0 aliphatic carbocycles. The van der Waals surface area contributed by atoms with E-state index in [2.05, 4.69) is 15.1 Å². The zero-order valence-electron chi connectivity index (χ0n) is 21.6. The third-order valence-corrected chi connectivity index (χ3v) is 8.35. The lowest BCUT2D eigenvalue weighted by Gasteiger charge is -2.55. The molecule has 2 aromatic rings. The molecule has 3 fully saturated rings. The lowest BCUT2D eigenvalue weighted by atomic mass is 9.71. The van der Waals surface area contributed by atoms with Crippen molar-refractivity contribution in [1.82, 2.24) is 15.1 Å². The van der Waals surface area contributed by atoms with Gasteiger partial charge in [0.15, 0.2) is 0 Å². The van der Waals surface area contributed by atoms with E-state index in [1.54, 1.807) is 12.1 Å². The lowest BCUT2D eigenvalue weighted by Crippen LogP contribution is -2.60. The SMILES string of the molecule is O=C1CCC(N2C(=O)c3ccc(N4CC5(CCN(CC(=O)OCc6ccccc6)CC5)C4)cc3C2=O)C(=O)N1. The fourth-order valence-electron chi connectivity index (χ4n) is 6.07. The van der Waals surface area contributed by atoms with Crippen LogP contribution in [0.5, 0.6) is 0 Å². The van der Waals surface area contributed by atoms with Crippen LogP contribution >= 0.6 is 0 Å². The van der Waals surface area contributed by atoms with Gasteiger partial charge in [0.1, 0.15) is 12.6 Å². The Balaban J connectivity index is 1.02. The maximum atomic E-state index is 13.1. The molecule has 10 nitrogen and oxygen atoms in total. The number of benzene rings is 2. The standard InChI is InChI=1S/C29H30N4O6/c34-24-9-8-23(26(36)30-24)33-27(37)21-7-6-20(14-22(21)28(33)38)32-17-29(18-32)10-12-31(13-11-29)15-25(35)39-16-19-4-2-1-3-5-19/h1-7,14,23H,8-13,15-18H2,(H,30,34,36). The molecule has 202 valence electrons. The molecule has 1 unspecified atom stereocenters. The van der Waals surface area contributed by atoms with E-state index < -0.39 is 29.7 Å². The molecule has 4 amide bonds. The van der Waals surface area contributed by atoms with Gasteiger partial charge in [-0.25, -0.2) is 0 Å². The fraction of sp³-hybridized carbons (Fsp3) is 0.414. The summed E-state index contributed by atoms with van der Waals surface area (Å²) in [7, 11) is 0. The zero-order chi connectivity index (χ0) is 27.1. The summed E-state index contributed by atoms with van der Waals surface area (Å²) in [5.41, 5.74) is 2.60. The molecule has 10 heteroatoms. The normalized spacial score (nSPS) is 22.5. The number of carbonyl (C=O) groups excluding carboxylic acids is 5. The number of rotatable bonds is 6. The molecule has 0 bridgehead atoms. The van der Waals surface area contributed by atoms with Crippen molar-refractivity contribution in [2.75, 3.05) is 37.6 Å². The minimum absolute atomic E-state index is 0.0945. The monoisotopic (exact) mass is 530 g/mol. The van der Waals surface area contributed by atoms with Gasteiger partial charge < -0.3 is 9.64 Å². The van der Waals surface area contributed by atoms with Crippen molar-refractivity contribution in [3.63, 3.8) is 0 Å². The van der Waals surface area contributed by atoms with Crippen LogP contribution in [0.4, 0.5) is 5.69 Å². The summed E-state index contributed by atoms with van der Waals surface area (Å²) in [4.78, 5) is 67.5. The molecular formula is C29H30N4O6. The molecule has 0 radical (unpaired) electrons. The number of likely N-dealkylation sites (tertiary alicyclic amines) is 1. The average Bonchev–Trinajstić information content (AvgIpc) is 3.16. The van der Waals surface area contributed by atoms with Crippen molar-refractivity contribution < 1.29 is 28.7 Å². The number of anilines is 1. The van der Waals surface area contributed by atoms with Gasteiger partial charge in [0, 0.05) is 30.6 Å². The molecule has 0 aromatic heterocycles. The number of carbonyl (C=O) groups is 5. The fourth-order valence-corrected chi connectivity index (χ4v) is 6.07. The Hall–Kier alpha value is -4.05. The second kappa shape index (κ2) is 9.92. The minimum Gasteiger partial charge on any atom is -0.460 e. The molecule has 6 rings (SSSR count). The van der Waals surface area contributed by atoms with Crippen molar-refractivity contribution in [3.05, 3.63) is 65.2 Å². The maximum absolute atomic E-state index is 13.1.